The number of carboxylic acid groups (broad SMARTS) is 1. The summed E-state index contributed by atoms with van der Waals surface area (Å²) in [4.78, 5) is 23.1. The Bertz CT molecular complexity index is 736. The summed E-state index contributed by atoms with van der Waals surface area (Å²) in [6.07, 6.45) is 0. The first-order valence-corrected chi connectivity index (χ1v) is 7.14. The number of anilines is 1. The fraction of sp³-hybridized carbons (Fsp3) is 0. The van der Waals surface area contributed by atoms with Crippen LogP contribution < -0.4 is 5.32 Å². The predicted octanol–water partition coefficient (Wildman–Crippen LogP) is 4.03. The maximum atomic E-state index is 13.7. The van der Waals surface area contributed by atoms with Crippen LogP contribution in [0.5, 0.6) is 0 Å². The van der Waals surface area contributed by atoms with E-state index in [9.17, 15) is 14.0 Å². The molecule has 7 heteroatoms. The lowest BCUT2D eigenvalue weighted by atomic mass is 10.1. The fourth-order valence-electron chi connectivity index (χ4n) is 1.65. The van der Waals surface area contributed by atoms with Crippen LogP contribution in [0.1, 0.15) is 20.7 Å². The number of nitrogens with one attached hydrogen (secondary N) is 1. The van der Waals surface area contributed by atoms with Gasteiger partial charge < -0.3 is 10.4 Å². The molecule has 2 aromatic rings. The molecule has 0 aliphatic carbocycles. The number of carboxylic acids is 1. The molecule has 1 amide bonds. The molecule has 0 aliphatic rings. The van der Waals surface area contributed by atoms with Crippen molar-refractivity contribution < 1.29 is 19.1 Å². The molecule has 21 heavy (non-hydrogen) atoms. The molecule has 0 bridgehead atoms. The Kier molecular flexibility index (Phi) is 4.79. The number of carbonyl (C=O) groups excluding carboxylic acids is 1. The van der Waals surface area contributed by atoms with Crippen LogP contribution in [-0.2, 0) is 0 Å². The Morgan fingerprint density at radius 3 is 2.57 bits per heavy atom. The molecule has 2 N–H and O–H groups in total. The number of carbonyl (C=O) groups is 2. The second kappa shape index (κ2) is 6.40. The Morgan fingerprint density at radius 2 is 1.95 bits per heavy atom. The number of aromatic carboxylic acids is 1. The Hall–Kier alpha value is -1.67. The molecule has 108 valence electrons. The zero-order valence-corrected chi connectivity index (χ0v) is 13.3. The van der Waals surface area contributed by atoms with Crippen LogP contribution in [0.3, 0.4) is 0 Å². The molecular formula is C14H8ClFINO3. The van der Waals surface area contributed by atoms with Crippen molar-refractivity contribution >= 4 is 51.8 Å². The quantitative estimate of drug-likeness (QED) is 0.738. The van der Waals surface area contributed by atoms with E-state index in [2.05, 4.69) is 5.32 Å². The van der Waals surface area contributed by atoms with Crippen molar-refractivity contribution in [2.45, 2.75) is 0 Å². The zero-order chi connectivity index (χ0) is 15.6. The van der Waals surface area contributed by atoms with E-state index >= 15 is 0 Å². The van der Waals surface area contributed by atoms with E-state index in [1.54, 1.807) is 6.07 Å². The van der Waals surface area contributed by atoms with Gasteiger partial charge >= 0.3 is 5.97 Å². The lowest BCUT2D eigenvalue weighted by Gasteiger charge is -2.10. The summed E-state index contributed by atoms with van der Waals surface area (Å²) < 4.78 is 14.5. The Labute approximate surface area is 138 Å². The highest BCUT2D eigenvalue weighted by Gasteiger charge is 2.17. The van der Waals surface area contributed by atoms with Crippen molar-refractivity contribution in [3.8, 4) is 0 Å². The topological polar surface area (TPSA) is 66.4 Å². The summed E-state index contributed by atoms with van der Waals surface area (Å²) in [7, 11) is 0. The minimum atomic E-state index is -1.33. The number of para-hydroxylation sites is 1. The first kappa shape index (κ1) is 15.7. The number of rotatable bonds is 3. The summed E-state index contributed by atoms with van der Waals surface area (Å²) >= 11 is 7.92. The monoisotopic (exact) mass is 419 g/mol. The molecule has 0 aliphatic heterocycles. The third-order valence-electron chi connectivity index (χ3n) is 2.66. The van der Waals surface area contributed by atoms with Crippen LogP contribution >= 0.6 is 34.2 Å². The largest absolute Gasteiger partial charge is 0.478 e. The summed E-state index contributed by atoms with van der Waals surface area (Å²) in [5.74, 6) is -2.79. The third kappa shape index (κ3) is 3.51. The van der Waals surface area contributed by atoms with Gasteiger partial charge in [-0.15, -0.1) is 0 Å². The van der Waals surface area contributed by atoms with Crippen molar-refractivity contribution in [3.05, 3.63) is 61.9 Å². The van der Waals surface area contributed by atoms with E-state index in [1.807, 2.05) is 22.6 Å². The first-order chi connectivity index (χ1) is 9.90. The maximum absolute atomic E-state index is 13.7. The highest BCUT2D eigenvalue weighted by Crippen LogP contribution is 2.23. The van der Waals surface area contributed by atoms with Gasteiger partial charge in [-0.1, -0.05) is 17.7 Å². The second-order valence-electron chi connectivity index (χ2n) is 4.05. The molecule has 0 atom stereocenters. The zero-order valence-electron chi connectivity index (χ0n) is 10.4. The minimum absolute atomic E-state index is 0.208. The summed E-state index contributed by atoms with van der Waals surface area (Å²) in [5, 5.41) is 11.7. The highest BCUT2D eigenvalue weighted by atomic mass is 127. The van der Waals surface area contributed by atoms with Gasteiger partial charge in [-0.2, -0.15) is 0 Å². The molecule has 0 unspecified atom stereocenters. The Morgan fingerprint density at radius 1 is 1.24 bits per heavy atom. The average Bonchev–Trinajstić information content (AvgIpc) is 2.43. The van der Waals surface area contributed by atoms with Gasteiger partial charge in [0.15, 0.2) is 0 Å². The maximum Gasteiger partial charge on any atom is 0.337 e. The summed E-state index contributed by atoms with van der Waals surface area (Å²) in [6.45, 7) is 0. The minimum Gasteiger partial charge on any atom is -0.478 e. The molecule has 0 saturated heterocycles. The van der Waals surface area contributed by atoms with E-state index in [0.717, 1.165) is 9.64 Å². The van der Waals surface area contributed by atoms with Gasteiger partial charge in [-0.05, 0) is 52.9 Å². The van der Waals surface area contributed by atoms with Gasteiger partial charge in [0, 0.05) is 9.13 Å². The first-order valence-electron chi connectivity index (χ1n) is 5.68. The van der Waals surface area contributed by atoms with Crippen molar-refractivity contribution in [2.24, 2.45) is 0 Å². The molecule has 0 fully saturated rings. The molecule has 0 radical (unpaired) electrons. The molecule has 2 rings (SSSR count). The van der Waals surface area contributed by atoms with Crippen molar-refractivity contribution in [1.82, 2.24) is 0 Å². The van der Waals surface area contributed by atoms with Gasteiger partial charge in [0.1, 0.15) is 5.82 Å². The molecule has 0 saturated carbocycles. The number of amides is 1. The number of hydrogen-bond donors (Lipinski definition) is 2. The molecule has 4 nitrogen and oxygen atoms in total. The Balaban J connectivity index is 2.36. The molecular weight excluding hydrogens is 412 g/mol. The van der Waals surface area contributed by atoms with E-state index in [4.69, 9.17) is 16.7 Å². The number of hydrogen-bond acceptors (Lipinski definition) is 2. The van der Waals surface area contributed by atoms with Gasteiger partial charge in [0.25, 0.3) is 5.91 Å². The van der Waals surface area contributed by atoms with E-state index in [1.165, 1.54) is 24.3 Å². The fourth-order valence-corrected chi connectivity index (χ4v) is 2.17. The van der Waals surface area contributed by atoms with Crippen molar-refractivity contribution in [1.29, 1.82) is 0 Å². The van der Waals surface area contributed by atoms with Crippen LogP contribution in [0.25, 0.3) is 0 Å². The summed E-state index contributed by atoms with van der Waals surface area (Å²) in [6, 6.07) is 8.13. The van der Waals surface area contributed by atoms with E-state index in [-0.39, 0.29) is 16.8 Å². The van der Waals surface area contributed by atoms with Crippen LogP contribution in [0, 0.1) is 9.39 Å². The van der Waals surface area contributed by atoms with Gasteiger partial charge in [0.2, 0.25) is 0 Å². The average molecular weight is 420 g/mol. The third-order valence-corrected chi connectivity index (χ3v) is 4.24. The van der Waals surface area contributed by atoms with Gasteiger partial charge in [0.05, 0.1) is 16.3 Å². The summed E-state index contributed by atoms with van der Waals surface area (Å²) in [5.41, 5.74) is -0.482. The van der Waals surface area contributed by atoms with Crippen molar-refractivity contribution in [3.63, 3.8) is 0 Å². The lowest BCUT2D eigenvalue weighted by molar-refractivity contribution is 0.0697. The van der Waals surface area contributed by atoms with Crippen LogP contribution in [0.2, 0.25) is 5.02 Å². The standard InChI is InChI=1S/C14H8ClFINO3/c15-9-6-7(4-5-11(9)17)13(19)18-12-8(14(20)21)2-1-3-10(12)16/h1-6H,(H,18,19)(H,20,21). The predicted molar refractivity (Wildman–Crippen MR) is 85.5 cm³/mol. The normalized spacial score (nSPS) is 10.2. The molecule has 0 heterocycles. The van der Waals surface area contributed by atoms with Crippen molar-refractivity contribution in [2.75, 3.05) is 5.32 Å². The molecule has 0 aromatic heterocycles. The number of benzene rings is 2. The molecule has 2 aromatic carbocycles. The molecule has 0 spiro atoms. The van der Waals surface area contributed by atoms with E-state index < -0.39 is 17.7 Å². The second-order valence-corrected chi connectivity index (χ2v) is 5.62. The van der Waals surface area contributed by atoms with Gasteiger partial charge in [-0.25, -0.2) is 9.18 Å². The van der Waals surface area contributed by atoms with Gasteiger partial charge in [-0.3, -0.25) is 4.79 Å². The van der Waals surface area contributed by atoms with Crippen LogP contribution in [0.4, 0.5) is 10.1 Å². The van der Waals surface area contributed by atoms with Crippen LogP contribution in [-0.4, -0.2) is 17.0 Å². The lowest BCUT2D eigenvalue weighted by Crippen LogP contribution is -2.16. The highest BCUT2D eigenvalue weighted by molar-refractivity contribution is 14.1. The number of halogens is 3. The smallest absolute Gasteiger partial charge is 0.337 e. The van der Waals surface area contributed by atoms with E-state index in [0.29, 0.717) is 5.02 Å². The SMILES string of the molecule is O=C(Nc1c(F)cccc1C(=O)O)c1ccc(I)c(Cl)c1. The van der Waals surface area contributed by atoms with Crippen LogP contribution in [0.15, 0.2) is 36.4 Å².